The van der Waals surface area contributed by atoms with Crippen LogP contribution < -0.4 is 0 Å². The Morgan fingerprint density at radius 2 is 2.00 bits per heavy atom. The molecule has 0 rings (SSSR count). The van der Waals surface area contributed by atoms with Crippen molar-refractivity contribution in [3.8, 4) is 0 Å². The highest BCUT2D eigenvalue weighted by Gasteiger charge is 2.25. The Kier molecular flexibility index (Phi) is 4.33. The highest BCUT2D eigenvalue weighted by Crippen LogP contribution is 2.12. The van der Waals surface area contributed by atoms with Crippen LogP contribution in [0, 0.1) is 0 Å². The van der Waals surface area contributed by atoms with Gasteiger partial charge in [-0.15, -0.1) is 0 Å². The third-order valence-corrected chi connectivity index (χ3v) is 1.21. The molecule has 0 fully saturated rings. The molecular weight excluding hydrogens is 175 g/mol. The van der Waals surface area contributed by atoms with Gasteiger partial charge in [0.25, 0.3) is 0 Å². The molecule has 0 aliphatic carbocycles. The third kappa shape index (κ3) is 6.51. The van der Waals surface area contributed by atoms with E-state index in [0.29, 0.717) is 0 Å². The number of carbonyl (C=O) groups excluding carboxylic acids is 1. The summed E-state index contributed by atoms with van der Waals surface area (Å²) in [6.45, 7) is 6.43. The number of halogens is 1. The van der Waals surface area contributed by atoms with Gasteiger partial charge in [-0.05, 0) is 27.7 Å². The van der Waals surface area contributed by atoms with Crippen molar-refractivity contribution in [2.75, 3.05) is 0 Å². The molecule has 0 saturated carbocycles. The first-order valence-electron chi connectivity index (χ1n) is 4.27. The van der Waals surface area contributed by atoms with Gasteiger partial charge < -0.3 is 9.84 Å². The number of esters is 1. The number of rotatable bonds is 3. The standard InChI is InChI=1S/C9H17FO3/c1-6(11)5-7(10)8(12)13-9(2,3)4/h6-7,11H,5H2,1-4H3. The van der Waals surface area contributed by atoms with Gasteiger partial charge in [0.2, 0.25) is 0 Å². The van der Waals surface area contributed by atoms with Gasteiger partial charge in [0, 0.05) is 6.42 Å². The van der Waals surface area contributed by atoms with E-state index in [1.54, 1.807) is 20.8 Å². The fourth-order valence-corrected chi connectivity index (χ4v) is 0.761. The van der Waals surface area contributed by atoms with E-state index in [0.717, 1.165) is 0 Å². The van der Waals surface area contributed by atoms with Crippen molar-refractivity contribution in [2.24, 2.45) is 0 Å². The number of carbonyl (C=O) groups is 1. The van der Waals surface area contributed by atoms with Crippen molar-refractivity contribution in [2.45, 2.75) is 52.0 Å². The average molecular weight is 192 g/mol. The first-order valence-corrected chi connectivity index (χ1v) is 4.27. The van der Waals surface area contributed by atoms with Crippen molar-refractivity contribution in [1.29, 1.82) is 0 Å². The molecule has 2 atom stereocenters. The molecule has 0 saturated heterocycles. The van der Waals surface area contributed by atoms with Gasteiger partial charge >= 0.3 is 5.97 Å². The van der Waals surface area contributed by atoms with E-state index in [1.165, 1.54) is 6.92 Å². The highest BCUT2D eigenvalue weighted by molar-refractivity contribution is 5.74. The van der Waals surface area contributed by atoms with Gasteiger partial charge in [-0.1, -0.05) is 0 Å². The molecule has 0 spiro atoms. The van der Waals surface area contributed by atoms with Gasteiger partial charge in [0.15, 0.2) is 6.17 Å². The van der Waals surface area contributed by atoms with Gasteiger partial charge in [-0.2, -0.15) is 0 Å². The summed E-state index contributed by atoms with van der Waals surface area (Å²) in [5.74, 6) is -0.909. The van der Waals surface area contributed by atoms with Crippen LogP contribution in [0.3, 0.4) is 0 Å². The van der Waals surface area contributed by atoms with E-state index in [2.05, 4.69) is 0 Å². The SMILES string of the molecule is CC(O)CC(F)C(=O)OC(C)(C)C. The van der Waals surface area contributed by atoms with Crippen molar-refractivity contribution in [3.05, 3.63) is 0 Å². The highest BCUT2D eigenvalue weighted by atomic mass is 19.1. The zero-order valence-corrected chi connectivity index (χ0v) is 8.50. The second kappa shape index (κ2) is 4.56. The fourth-order valence-electron chi connectivity index (χ4n) is 0.761. The van der Waals surface area contributed by atoms with Crippen molar-refractivity contribution in [1.82, 2.24) is 0 Å². The lowest BCUT2D eigenvalue weighted by Crippen LogP contribution is -2.31. The van der Waals surface area contributed by atoms with E-state index in [4.69, 9.17) is 9.84 Å². The van der Waals surface area contributed by atoms with Crippen LogP contribution in [0.5, 0.6) is 0 Å². The summed E-state index contributed by atoms with van der Waals surface area (Å²) in [7, 11) is 0. The number of hydrogen-bond acceptors (Lipinski definition) is 3. The smallest absolute Gasteiger partial charge is 0.341 e. The molecule has 2 unspecified atom stereocenters. The molecule has 78 valence electrons. The van der Waals surface area contributed by atoms with Gasteiger partial charge in [-0.3, -0.25) is 0 Å². The zero-order valence-electron chi connectivity index (χ0n) is 8.50. The molecule has 0 radical (unpaired) electrons. The summed E-state index contributed by atoms with van der Waals surface area (Å²) in [5, 5.41) is 8.82. The third-order valence-electron chi connectivity index (χ3n) is 1.21. The average Bonchev–Trinajstić information content (AvgIpc) is 1.81. The van der Waals surface area contributed by atoms with Crippen LogP contribution in [-0.2, 0) is 9.53 Å². The van der Waals surface area contributed by atoms with Crippen LogP contribution in [0.1, 0.15) is 34.1 Å². The summed E-state index contributed by atoms with van der Waals surface area (Å²) in [6.07, 6.45) is -2.78. The Hall–Kier alpha value is -0.640. The minimum Gasteiger partial charge on any atom is -0.458 e. The van der Waals surface area contributed by atoms with Crippen LogP contribution in [0.4, 0.5) is 4.39 Å². The normalized spacial score (nSPS) is 16.5. The molecule has 0 aromatic heterocycles. The Balaban J connectivity index is 3.97. The summed E-state index contributed by atoms with van der Waals surface area (Å²) in [5.41, 5.74) is -0.680. The minimum absolute atomic E-state index is 0.213. The number of aliphatic hydroxyl groups is 1. The Bertz CT molecular complexity index is 172. The molecule has 0 aliphatic rings. The van der Waals surface area contributed by atoms with Gasteiger partial charge in [-0.25, -0.2) is 9.18 Å². The lowest BCUT2D eigenvalue weighted by atomic mass is 10.1. The van der Waals surface area contributed by atoms with E-state index in [1.807, 2.05) is 0 Å². The lowest BCUT2D eigenvalue weighted by molar-refractivity contribution is -0.162. The Morgan fingerprint density at radius 3 is 2.31 bits per heavy atom. The second-order valence-corrected chi connectivity index (χ2v) is 4.09. The number of ether oxygens (including phenoxy) is 1. The van der Waals surface area contributed by atoms with Crippen molar-refractivity contribution < 1.29 is 19.0 Å². The molecule has 1 N–H and O–H groups in total. The number of hydrogen-bond donors (Lipinski definition) is 1. The second-order valence-electron chi connectivity index (χ2n) is 4.09. The quantitative estimate of drug-likeness (QED) is 0.688. The minimum atomic E-state index is -1.74. The molecule has 0 bridgehead atoms. The predicted octanol–water partition coefficient (Wildman–Crippen LogP) is 1.44. The Labute approximate surface area is 77.9 Å². The maximum absolute atomic E-state index is 12.9. The fraction of sp³-hybridized carbons (Fsp3) is 0.889. The van der Waals surface area contributed by atoms with Crippen molar-refractivity contribution in [3.63, 3.8) is 0 Å². The number of aliphatic hydroxyl groups excluding tert-OH is 1. The molecule has 0 aromatic rings. The molecule has 0 heterocycles. The summed E-state index contributed by atoms with van der Waals surface area (Å²) < 4.78 is 17.7. The van der Waals surface area contributed by atoms with Crippen molar-refractivity contribution >= 4 is 5.97 Å². The molecule has 3 nitrogen and oxygen atoms in total. The summed E-state index contributed by atoms with van der Waals surface area (Å²) in [6, 6.07) is 0. The molecule has 0 amide bonds. The van der Waals surface area contributed by atoms with Crippen LogP contribution in [0.25, 0.3) is 0 Å². The largest absolute Gasteiger partial charge is 0.458 e. The topological polar surface area (TPSA) is 46.5 Å². The van der Waals surface area contributed by atoms with Crippen LogP contribution >= 0.6 is 0 Å². The lowest BCUT2D eigenvalue weighted by Gasteiger charge is -2.21. The first kappa shape index (κ1) is 12.4. The van der Waals surface area contributed by atoms with E-state index >= 15 is 0 Å². The molecule has 0 aliphatic heterocycles. The maximum atomic E-state index is 12.9. The van der Waals surface area contributed by atoms with Gasteiger partial charge in [0.05, 0.1) is 6.10 Å². The molecule has 4 heteroatoms. The predicted molar refractivity (Wildman–Crippen MR) is 47.0 cm³/mol. The maximum Gasteiger partial charge on any atom is 0.341 e. The zero-order chi connectivity index (χ0) is 10.6. The van der Waals surface area contributed by atoms with Crippen LogP contribution in [0.2, 0.25) is 0 Å². The monoisotopic (exact) mass is 192 g/mol. The molecule has 13 heavy (non-hydrogen) atoms. The number of alkyl halides is 1. The first-order chi connectivity index (χ1) is 5.72. The van der Waals surface area contributed by atoms with Crippen LogP contribution in [0.15, 0.2) is 0 Å². The summed E-state index contributed by atoms with van der Waals surface area (Å²) in [4.78, 5) is 11.0. The van der Waals surface area contributed by atoms with E-state index in [-0.39, 0.29) is 6.42 Å². The van der Waals surface area contributed by atoms with Crippen LogP contribution in [-0.4, -0.2) is 29.0 Å². The molecule has 0 aromatic carbocycles. The van der Waals surface area contributed by atoms with E-state index < -0.39 is 23.8 Å². The Morgan fingerprint density at radius 1 is 1.54 bits per heavy atom. The van der Waals surface area contributed by atoms with E-state index in [9.17, 15) is 9.18 Å². The van der Waals surface area contributed by atoms with Gasteiger partial charge in [0.1, 0.15) is 5.60 Å². The molecular formula is C9H17FO3. The summed E-state index contributed by atoms with van der Waals surface area (Å²) >= 11 is 0.